The molecule has 0 spiro atoms. The highest BCUT2D eigenvalue weighted by molar-refractivity contribution is 4.84. The summed E-state index contributed by atoms with van der Waals surface area (Å²) in [6, 6.07) is 0.595. The summed E-state index contributed by atoms with van der Waals surface area (Å²) < 4.78 is 0. The van der Waals surface area contributed by atoms with E-state index < -0.39 is 0 Å². The third-order valence-corrected chi connectivity index (χ3v) is 1.93. The van der Waals surface area contributed by atoms with Crippen molar-refractivity contribution < 1.29 is 5.11 Å². The molecule has 1 rings (SSSR count). The van der Waals surface area contributed by atoms with Gasteiger partial charge in [0.05, 0.1) is 6.10 Å². The van der Waals surface area contributed by atoms with Gasteiger partial charge in [-0.25, -0.2) is 0 Å². The van der Waals surface area contributed by atoms with Crippen molar-refractivity contribution in [1.82, 2.24) is 5.32 Å². The Bertz CT molecular complexity index is 97.4. The maximum Gasteiger partial charge on any atom is 0.0570 e. The van der Waals surface area contributed by atoms with E-state index in [0.717, 1.165) is 25.3 Å². The lowest BCUT2D eigenvalue weighted by molar-refractivity contribution is 0.0615. The Morgan fingerprint density at radius 3 is 2.50 bits per heavy atom. The molecular weight excluding hydrogens is 126 g/mol. The van der Waals surface area contributed by atoms with Gasteiger partial charge in [0.25, 0.3) is 0 Å². The van der Waals surface area contributed by atoms with Crippen molar-refractivity contribution >= 4 is 0 Å². The van der Waals surface area contributed by atoms with E-state index in [4.69, 9.17) is 5.11 Å². The standard InChI is InChI=1S/C8H17NO/c1-6(2)5-9-7-3-8(10)4-7/h6-10H,3-5H2,1-2H3/t7-,8-. The highest BCUT2D eigenvalue weighted by Gasteiger charge is 2.26. The van der Waals surface area contributed by atoms with Gasteiger partial charge in [-0.1, -0.05) is 13.8 Å². The van der Waals surface area contributed by atoms with Gasteiger partial charge in [0.1, 0.15) is 0 Å². The van der Waals surface area contributed by atoms with Crippen LogP contribution in [0.25, 0.3) is 0 Å². The summed E-state index contributed by atoms with van der Waals surface area (Å²) in [7, 11) is 0. The molecule has 1 aliphatic rings. The first-order chi connectivity index (χ1) is 4.68. The predicted octanol–water partition coefficient (Wildman–Crippen LogP) is 0.755. The molecule has 2 nitrogen and oxygen atoms in total. The maximum atomic E-state index is 8.94. The van der Waals surface area contributed by atoms with Gasteiger partial charge < -0.3 is 10.4 Å². The SMILES string of the molecule is CC(C)CN[C@H]1C[C@H](O)C1. The third kappa shape index (κ3) is 2.27. The molecule has 0 saturated heterocycles. The van der Waals surface area contributed by atoms with E-state index in [1.165, 1.54) is 0 Å². The second-order valence-corrected chi connectivity index (χ2v) is 3.62. The fourth-order valence-electron chi connectivity index (χ4n) is 1.16. The Morgan fingerprint density at radius 1 is 1.50 bits per heavy atom. The van der Waals surface area contributed by atoms with Crippen molar-refractivity contribution in [2.24, 2.45) is 5.92 Å². The zero-order valence-corrected chi connectivity index (χ0v) is 6.80. The number of rotatable bonds is 3. The van der Waals surface area contributed by atoms with E-state index in [1.807, 2.05) is 0 Å². The van der Waals surface area contributed by atoms with Crippen LogP contribution in [-0.2, 0) is 0 Å². The molecule has 60 valence electrons. The molecule has 2 N–H and O–H groups in total. The fraction of sp³-hybridized carbons (Fsp3) is 1.00. The van der Waals surface area contributed by atoms with Gasteiger partial charge in [-0.15, -0.1) is 0 Å². The van der Waals surface area contributed by atoms with Crippen LogP contribution in [0.1, 0.15) is 26.7 Å². The molecule has 1 fully saturated rings. The topological polar surface area (TPSA) is 32.3 Å². The molecule has 0 aromatic carbocycles. The second kappa shape index (κ2) is 3.35. The predicted molar refractivity (Wildman–Crippen MR) is 41.9 cm³/mol. The van der Waals surface area contributed by atoms with Crippen LogP contribution >= 0.6 is 0 Å². The van der Waals surface area contributed by atoms with E-state index in [1.54, 1.807) is 0 Å². The number of aliphatic hydroxyl groups is 1. The van der Waals surface area contributed by atoms with Gasteiger partial charge in [-0.05, 0) is 25.3 Å². The Kier molecular flexibility index (Phi) is 2.69. The highest BCUT2D eigenvalue weighted by Crippen LogP contribution is 2.19. The van der Waals surface area contributed by atoms with Crippen molar-refractivity contribution in [2.45, 2.75) is 38.8 Å². The van der Waals surface area contributed by atoms with Crippen molar-refractivity contribution in [1.29, 1.82) is 0 Å². The Hall–Kier alpha value is -0.0800. The molecule has 0 bridgehead atoms. The van der Waals surface area contributed by atoms with Crippen LogP contribution in [-0.4, -0.2) is 23.8 Å². The van der Waals surface area contributed by atoms with Gasteiger partial charge in [-0.2, -0.15) is 0 Å². The monoisotopic (exact) mass is 143 g/mol. The molecule has 0 atom stereocenters. The van der Waals surface area contributed by atoms with Gasteiger partial charge in [0, 0.05) is 6.04 Å². The molecule has 2 heteroatoms. The van der Waals surface area contributed by atoms with E-state index in [0.29, 0.717) is 6.04 Å². The largest absolute Gasteiger partial charge is 0.393 e. The van der Waals surface area contributed by atoms with Gasteiger partial charge in [0.2, 0.25) is 0 Å². The minimum absolute atomic E-state index is 0.0235. The fourth-order valence-corrected chi connectivity index (χ4v) is 1.16. The van der Waals surface area contributed by atoms with E-state index >= 15 is 0 Å². The molecule has 0 heterocycles. The number of hydrogen-bond acceptors (Lipinski definition) is 2. The van der Waals surface area contributed by atoms with Crippen LogP contribution < -0.4 is 5.32 Å². The smallest absolute Gasteiger partial charge is 0.0570 e. The summed E-state index contributed by atoms with van der Waals surface area (Å²) in [6.45, 7) is 5.47. The first kappa shape index (κ1) is 8.02. The lowest BCUT2D eigenvalue weighted by Gasteiger charge is -2.32. The van der Waals surface area contributed by atoms with Crippen LogP contribution in [0.4, 0.5) is 0 Å². The molecule has 0 aromatic rings. The molecular formula is C8H17NO. The minimum Gasteiger partial charge on any atom is -0.393 e. The molecule has 0 amide bonds. The molecule has 10 heavy (non-hydrogen) atoms. The Balaban J connectivity index is 1.95. The average molecular weight is 143 g/mol. The van der Waals surface area contributed by atoms with Gasteiger partial charge >= 0.3 is 0 Å². The molecule has 0 aromatic heterocycles. The third-order valence-electron chi connectivity index (χ3n) is 1.93. The minimum atomic E-state index is -0.0235. The molecule has 0 unspecified atom stereocenters. The molecule has 1 saturated carbocycles. The zero-order chi connectivity index (χ0) is 7.56. The summed E-state index contributed by atoms with van der Waals surface area (Å²) in [5.41, 5.74) is 0. The first-order valence-corrected chi connectivity index (χ1v) is 4.10. The zero-order valence-electron chi connectivity index (χ0n) is 6.80. The maximum absolute atomic E-state index is 8.94. The number of hydrogen-bond donors (Lipinski definition) is 2. The molecule has 1 aliphatic carbocycles. The van der Waals surface area contributed by atoms with Crippen LogP contribution in [0, 0.1) is 5.92 Å². The Labute approximate surface area is 62.6 Å². The van der Waals surface area contributed by atoms with Crippen molar-refractivity contribution in [3.8, 4) is 0 Å². The summed E-state index contributed by atoms with van der Waals surface area (Å²) in [5.74, 6) is 0.720. The summed E-state index contributed by atoms with van der Waals surface area (Å²) >= 11 is 0. The van der Waals surface area contributed by atoms with E-state index in [2.05, 4.69) is 19.2 Å². The number of nitrogens with one attached hydrogen (secondary N) is 1. The lowest BCUT2D eigenvalue weighted by atomic mass is 9.89. The highest BCUT2D eigenvalue weighted by atomic mass is 16.3. The quantitative estimate of drug-likeness (QED) is 0.611. The van der Waals surface area contributed by atoms with Crippen molar-refractivity contribution in [3.05, 3.63) is 0 Å². The molecule has 0 aliphatic heterocycles. The average Bonchev–Trinajstić information content (AvgIpc) is 1.77. The normalized spacial score (nSPS) is 32.4. The van der Waals surface area contributed by atoms with Crippen LogP contribution in [0.2, 0.25) is 0 Å². The molecule has 0 radical (unpaired) electrons. The Morgan fingerprint density at radius 2 is 2.10 bits per heavy atom. The van der Waals surface area contributed by atoms with Crippen LogP contribution in [0.15, 0.2) is 0 Å². The second-order valence-electron chi connectivity index (χ2n) is 3.62. The van der Waals surface area contributed by atoms with Gasteiger partial charge in [0.15, 0.2) is 0 Å². The van der Waals surface area contributed by atoms with E-state index in [9.17, 15) is 0 Å². The first-order valence-electron chi connectivity index (χ1n) is 4.10. The number of aliphatic hydroxyl groups excluding tert-OH is 1. The summed E-state index contributed by atoms with van der Waals surface area (Å²) in [5, 5.41) is 12.3. The van der Waals surface area contributed by atoms with E-state index in [-0.39, 0.29) is 6.10 Å². The van der Waals surface area contributed by atoms with Crippen molar-refractivity contribution in [3.63, 3.8) is 0 Å². The summed E-state index contributed by atoms with van der Waals surface area (Å²) in [4.78, 5) is 0. The lowest BCUT2D eigenvalue weighted by Crippen LogP contribution is -2.45. The van der Waals surface area contributed by atoms with Crippen LogP contribution in [0.5, 0.6) is 0 Å². The van der Waals surface area contributed by atoms with Crippen molar-refractivity contribution in [2.75, 3.05) is 6.54 Å². The summed E-state index contributed by atoms with van der Waals surface area (Å²) in [6.07, 6.45) is 1.88. The van der Waals surface area contributed by atoms with Gasteiger partial charge in [-0.3, -0.25) is 0 Å². The van der Waals surface area contributed by atoms with Crippen LogP contribution in [0.3, 0.4) is 0 Å².